The Bertz CT molecular complexity index is 874. The van der Waals surface area contributed by atoms with Crippen LogP contribution in [0.1, 0.15) is 32.7 Å². The molecule has 26 heavy (non-hydrogen) atoms. The molecule has 132 valence electrons. The summed E-state index contributed by atoms with van der Waals surface area (Å²) in [5.41, 5.74) is 10.7. The van der Waals surface area contributed by atoms with E-state index in [0.717, 1.165) is 24.1 Å². The van der Waals surface area contributed by atoms with Crippen LogP contribution in [-0.4, -0.2) is 10.9 Å². The van der Waals surface area contributed by atoms with E-state index in [4.69, 9.17) is 5.73 Å². The molecule has 3 rings (SSSR count). The van der Waals surface area contributed by atoms with Gasteiger partial charge in [-0.1, -0.05) is 54.6 Å². The molecule has 0 spiro atoms. The van der Waals surface area contributed by atoms with Gasteiger partial charge in [0.2, 0.25) is 0 Å². The lowest BCUT2D eigenvalue weighted by atomic mass is 10.0. The molecule has 4 heteroatoms. The molecule has 1 heterocycles. The Labute approximate surface area is 154 Å². The van der Waals surface area contributed by atoms with E-state index in [1.807, 2.05) is 13.0 Å². The van der Waals surface area contributed by atoms with Crippen molar-refractivity contribution < 1.29 is 4.79 Å². The first kappa shape index (κ1) is 17.7. The minimum absolute atomic E-state index is 0.205. The Hall–Kier alpha value is -3.14. The molecule has 0 aliphatic heterocycles. The molecule has 0 unspecified atom stereocenters. The quantitative estimate of drug-likeness (QED) is 0.716. The fourth-order valence-corrected chi connectivity index (χ4v) is 2.80. The van der Waals surface area contributed by atoms with Crippen molar-refractivity contribution in [1.29, 1.82) is 0 Å². The van der Waals surface area contributed by atoms with Crippen molar-refractivity contribution in [2.45, 2.75) is 26.3 Å². The molecule has 0 aliphatic carbocycles. The molecule has 1 amide bonds. The van der Waals surface area contributed by atoms with Crippen LogP contribution in [0.2, 0.25) is 0 Å². The maximum absolute atomic E-state index is 12.2. The number of pyridine rings is 1. The average Bonchev–Trinajstić information content (AvgIpc) is 2.66. The Kier molecular flexibility index (Phi) is 5.64. The highest BCUT2D eigenvalue weighted by Gasteiger charge is 2.10. The van der Waals surface area contributed by atoms with Gasteiger partial charge in [0.05, 0.1) is 5.56 Å². The van der Waals surface area contributed by atoms with Gasteiger partial charge in [0, 0.05) is 12.2 Å². The van der Waals surface area contributed by atoms with E-state index in [1.54, 1.807) is 12.1 Å². The monoisotopic (exact) mass is 345 g/mol. The number of aryl methyl sites for hydroxylation is 3. The zero-order valence-corrected chi connectivity index (χ0v) is 14.9. The Morgan fingerprint density at radius 2 is 1.50 bits per heavy atom. The lowest BCUT2D eigenvalue weighted by Gasteiger charge is -2.08. The van der Waals surface area contributed by atoms with Crippen LogP contribution < -0.4 is 11.1 Å². The van der Waals surface area contributed by atoms with Gasteiger partial charge in [0.15, 0.2) is 0 Å². The number of nitrogens with zero attached hydrogens (tertiary/aromatic N) is 1. The third-order valence-electron chi connectivity index (χ3n) is 4.33. The van der Waals surface area contributed by atoms with Gasteiger partial charge in [-0.05, 0) is 48.6 Å². The van der Waals surface area contributed by atoms with Gasteiger partial charge in [0.1, 0.15) is 5.82 Å². The number of hydrogen-bond donors (Lipinski definition) is 2. The third-order valence-corrected chi connectivity index (χ3v) is 4.33. The second-order valence-corrected chi connectivity index (χ2v) is 6.37. The second-order valence-electron chi connectivity index (χ2n) is 6.37. The van der Waals surface area contributed by atoms with E-state index in [9.17, 15) is 4.79 Å². The number of rotatable bonds is 6. The maximum atomic E-state index is 12.2. The Morgan fingerprint density at radius 3 is 2.15 bits per heavy atom. The molecule has 4 nitrogen and oxygen atoms in total. The summed E-state index contributed by atoms with van der Waals surface area (Å²) < 4.78 is 0. The maximum Gasteiger partial charge on any atom is 0.255 e. The van der Waals surface area contributed by atoms with Crippen molar-refractivity contribution in [3.63, 3.8) is 0 Å². The SMILES string of the molecule is Cc1ccc(C(=O)NCc2ccc(CCc3ccccc3)cc2)c(N)n1. The molecule has 0 radical (unpaired) electrons. The summed E-state index contributed by atoms with van der Waals surface area (Å²) in [5, 5.41) is 2.89. The van der Waals surface area contributed by atoms with Crippen molar-refractivity contribution in [3.05, 3.63) is 94.7 Å². The van der Waals surface area contributed by atoms with Gasteiger partial charge < -0.3 is 11.1 Å². The van der Waals surface area contributed by atoms with Gasteiger partial charge in [-0.15, -0.1) is 0 Å². The minimum atomic E-state index is -0.205. The van der Waals surface area contributed by atoms with Gasteiger partial charge in [-0.25, -0.2) is 4.98 Å². The number of amides is 1. The largest absolute Gasteiger partial charge is 0.383 e. The molecular weight excluding hydrogens is 322 g/mol. The van der Waals surface area contributed by atoms with Crippen LogP contribution in [0, 0.1) is 6.92 Å². The summed E-state index contributed by atoms with van der Waals surface area (Å²) in [7, 11) is 0. The molecule has 0 fully saturated rings. The number of carbonyl (C=O) groups excluding carboxylic acids is 1. The highest BCUT2D eigenvalue weighted by Crippen LogP contribution is 2.11. The molecule has 3 N–H and O–H groups in total. The van der Waals surface area contributed by atoms with Crippen LogP contribution in [0.5, 0.6) is 0 Å². The molecule has 0 bridgehead atoms. The fourth-order valence-electron chi connectivity index (χ4n) is 2.80. The van der Waals surface area contributed by atoms with Crippen LogP contribution >= 0.6 is 0 Å². The van der Waals surface area contributed by atoms with Crippen LogP contribution in [-0.2, 0) is 19.4 Å². The number of aromatic nitrogens is 1. The van der Waals surface area contributed by atoms with Crippen LogP contribution in [0.3, 0.4) is 0 Å². The van der Waals surface area contributed by atoms with Gasteiger partial charge in [-0.2, -0.15) is 0 Å². The molecule has 2 aromatic carbocycles. The van der Waals surface area contributed by atoms with Crippen molar-refractivity contribution in [3.8, 4) is 0 Å². The number of anilines is 1. The van der Waals surface area contributed by atoms with E-state index >= 15 is 0 Å². The standard InChI is InChI=1S/C22H23N3O/c1-16-7-14-20(21(23)25-16)22(26)24-15-19-12-10-18(11-13-19)9-8-17-5-3-2-4-6-17/h2-7,10-14H,8-9,15H2,1H3,(H2,23,25)(H,24,26). The lowest BCUT2D eigenvalue weighted by molar-refractivity contribution is 0.0951. The topological polar surface area (TPSA) is 68.0 Å². The predicted molar refractivity (Wildman–Crippen MR) is 105 cm³/mol. The molecule has 0 saturated carbocycles. The van der Waals surface area contributed by atoms with Crippen LogP contribution in [0.4, 0.5) is 5.82 Å². The normalized spacial score (nSPS) is 10.5. The third kappa shape index (κ3) is 4.70. The van der Waals surface area contributed by atoms with Crippen LogP contribution in [0.15, 0.2) is 66.7 Å². The lowest BCUT2D eigenvalue weighted by Crippen LogP contribution is -2.24. The van der Waals surface area contributed by atoms with E-state index in [0.29, 0.717) is 12.1 Å². The van der Waals surface area contributed by atoms with E-state index in [2.05, 4.69) is 58.8 Å². The number of hydrogen-bond acceptors (Lipinski definition) is 3. The minimum Gasteiger partial charge on any atom is -0.383 e. The van der Waals surface area contributed by atoms with Crippen molar-refractivity contribution in [1.82, 2.24) is 10.3 Å². The van der Waals surface area contributed by atoms with E-state index < -0.39 is 0 Å². The first-order valence-electron chi connectivity index (χ1n) is 8.75. The summed E-state index contributed by atoms with van der Waals surface area (Å²) in [4.78, 5) is 16.4. The number of nitrogens with two attached hydrogens (primary N) is 1. The zero-order valence-electron chi connectivity index (χ0n) is 14.9. The second kappa shape index (κ2) is 8.30. The summed E-state index contributed by atoms with van der Waals surface area (Å²) in [5.74, 6) is 0.0573. The first-order valence-corrected chi connectivity index (χ1v) is 8.75. The zero-order chi connectivity index (χ0) is 18.4. The molecular formula is C22H23N3O. The number of nitrogens with one attached hydrogen (secondary N) is 1. The smallest absolute Gasteiger partial charge is 0.255 e. The fraction of sp³-hybridized carbons (Fsp3) is 0.182. The molecule has 1 aromatic heterocycles. The number of benzene rings is 2. The first-order chi connectivity index (χ1) is 12.6. The highest BCUT2D eigenvalue weighted by atomic mass is 16.1. The Morgan fingerprint density at radius 1 is 0.885 bits per heavy atom. The number of carbonyl (C=O) groups is 1. The average molecular weight is 345 g/mol. The summed E-state index contributed by atoms with van der Waals surface area (Å²) >= 11 is 0. The molecule has 0 aliphatic rings. The summed E-state index contributed by atoms with van der Waals surface area (Å²) in [6.45, 7) is 2.31. The summed E-state index contributed by atoms with van der Waals surface area (Å²) in [6.07, 6.45) is 2.03. The van der Waals surface area contributed by atoms with Crippen molar-refractivity contribution in [2.24, 2.45) is 0 Å². The molecule has 0 saturated heterocycles. The van der Waals surface area contributed by atoms with Crippen molar-refractivity contribution >= 4 is 11.7 Å². The predicted octanol–water partition coefficient (Wildman–Crippen LogP) is 3.69. The van der Waals surface area contributed by atoms with Gasteiger partial charge >= 0.3 is 0 Å². The Balaban J connectivity index is 1.53. The molecule has 0 atom stereocenters. The number of nitrogen functional groups attached to an aromatic ring is 1. The van der Waals surface area contributed by atoms with Gasteiger partial charge in [-0.3, -0.25) is 4.79 Å². The van der Waals surface area contributed by atoms with Crippen molar-refractivity contribution in [2.75, 3.05) is 5.73 Å². The molecule has 3 aromatic rings. The summed E-state index contributed by atoms with van der Waals surface area (Å²) in [6, 6.07) is 22.3. The van der Waals surface area contributed by atoms with Gasteiger partial charge in [0.25, 0.3) is 5.91 Å². The van der Waals surface area contributed by atoms with E-state index in [1.165, 1.54) is 11.1 Å². The van der Waals surface area contributed by atoms with E-state index in [-0.39, 0.29) is 11.7 Å². The van der Waals surface area contributed by atoms with Crippen LogP contribution in [0.25, 0.3) is 0 Å². The highest BCUT2D eigenvalue weighted by molar-refractivity contribution is 5.98.